The van der Waals surface area contributed by atoms with Crippen molar-refractivity contribution >= 4 is 16.9 Å². The summed E-state index contributed by atoms with van der Waals surface area (Å²) in [6, 6.07) is 16.5. The van der Waals surface area contributed by atoms with Gasteiger partial charge in [-0.2, -0.15) is 0 Å². The molecule has 148 valence electrons. The Morgan fingerprint density at radius 1 is 1.14 bits per heavy atom. The van der Waals surface area contributed by atoms with Gasteiger partial charge in [-0.05, 0) is 43.4 Å². The summed E-state index contributed by atoms with van der Waals surface area (Å²) < 4.78 is 0. The molecule has 0 saturated heterocycles. The Hall–Kier alpha value is -2.63. The molecule has 1 aromatic heterocycles. The number of carboxylic acids is 1. The summed E-state index contributed by atoms with van der Waals surface area (Å²) in [6.07, 6.45) is 4.49. The van der Waals surface area contributed by atoms with E-state index < -0.39 is 5.97 Å². The molecule has 5 nitrogen and oxygen atoms in total. The molecule has 0 aliphatic heterocycles. The molecule has 0 aliphatic carbocycles. The Morgan fingerprint density at radius 2 is 1.89 bits per heavy atom. The van der Waals surface area contributed by atoms with Crippen LogP contribution in [0.15, 0.2) is 54.7 Å². The summed E-state index contributed by atoms with van der Waals surface area (Å²) in [5.41, 5.74) is 10.7. The molecule has 0 spiro atoms. The molecule has 0 saturated carbocycles. The van der Waals surface area contributed by atoms with Crippen molar-refractivity contribution in [3.8, 4) is 0 Å². The monoisotopic (exact) mass is 379 g/mol. The van der Waals surface area contributed by atoms with Crippen LogP contribution in [0.1, 0.15) is 29.5 Å². The number of nitrogens with two attached hydrogens (primary N) is 1. The van der Waals surface area contributed by atoms with Crippen LogP contribution in [0.2, 0.25) is 0 Å². The zero-order valence-electron chi connectivity index (χ0n) is 16.3. The second-order valence-corrected chi connectivity index (χ2v) is 7.48. The first-order valence-electron chi connectivity index (χ1n) is 9.83. The van der Waals surface area contributed by atoms with Crippen LogP contribution in [-0.2, 0) is 17.6 Å². The molecule has 0 fully saturated rings. The first-order valence-corrected chi connectivity index (χ1v) is 9.83. The highest BCUT2D eigenvalue weighted by Gasteiger charge is 2.19. The number of hydrogen-bond acceptors (Lipinski definition) is 3. The van der Waals surface area contributed by atoms with Crippen LogP contribution in [-0.4, -0.2) is 34.7 Å². The molecule has 5 N–H and O–H groups in total. The molecule has 3 rings (SSSR count). The molecule has 0 bridgehead atoms. The highest BCUT2D eigenvalue weighted by Crippen LogP contribution is 2.20. The van der Waals surface area contributed by atoms with E-state index in [1.807, 2.05) is 24.4 Å². The van der Waals surface area contributed by atoms with Gasteiger partial charge in [-0.25, -0.2) is 0 Å². The van der Waals surface area contributed by atoms with Gasteiger partial charge in [0.15, 0.2) is 0 Å². The molecule has 5 heteroatoms. The number of hydrogen-bond donors (Lipinski definition) is 4. The van der Waals surface area contributed by atoms with E-state index in [-0.39, 0.29) is 18.5 Å². The lowest BCUT2D eigenvalue weighted by Gasteiger charge is -2.24. The van der Waals surface area contributed by atoms with E-state index in [9.17, 15) is 9.90 Å². The minimum Gasteiger partial charge on any atom is -0.481 e. The zero-order valence-corrected chi connectivity index (χ0v) is 16.3. The third kappa shape index (κ3) is 5.44. The number of carboxylic acid groups (broad SMARTS) is 1. The summed E-state index contributed by atoms with van der Waals surface area (Å²) in [4.78, 5) is 14.7. The third-order valence-corrected chi connectivity index (χ3v) is 5.22. The van der Waals surface area contributed by atoms with E-state index in [4.69, 9.17) is 5.73 Å². The van der Waals surface area contributed by atoms with E-state index in [2.05, 4.69) is 47.6 Å². The van der Waals surface area contributed by atoms with Gasteiger partial charge in [0.25, 0.3) is 0 Å². The van der Waals surface area contributed by atoms with Gasteiger partial charge in [0, 0.05) is 35.7 Å². The lowest BCUT2D eigenvalue weighted by Crippen LogP contribution is -2.45. The number of aryl methyl sites for hydroxylation is 2. The van der Waals surface area contributed by atoms with Crippen molar-refractivity contribution in [2.45, 2.75) is 44.7 Å². The van der Waals surface area contributed by atoms with E-state index in [0.717, 1.165) is 29.3 Å². The minimum absolute atomic E-state index is 0.0700. The van der Waals surface area contributed by atoms with E-state index in [0.29, 0.717) is 13.0 Å². The molecule has 1 heterocycles. The van der Waals surface area contributed by atoms with Gasteiger partial charge < -0.3 is 21.1 Å². The summed E-state index contributed by atoms with van der Waals surface area (Å²) in [5, 5.41) is 14.0. The van der Waals surface area contributed by atoms with Crippen LogP contribution >= 0.6 is 0 Å². The zero-order chi connectivity index (χ0) is 19.9. The van der Waals surface area contributed by atoms with Crippen molar-refractivity contribution < 1.29 is 9.90 Å². The molecule has 2 aromatic carbocycles. The molecule has 28 heavy (non-hydrogen) atoms. The molecular weight excluding hydrogens is 350 g/mol. The third-order valence-electron chi connectivity index (χ3n) is 5.22. The molecular formula is C23H29N3O2. The topological polar surface area (TPSA) is 91.1 Å². The highest BCUT2D eigenvalue weighted by atomic mass is 16.4. The summed E-state index contributed by atoms with van der Waals surface area (Å²) >= 11 is 0. The molecule has 1 unspecified atom stereocenters. The standard InChI is InChI=1S/C23H29N3O2/c1-16-6-8-17(9-7-16)10-11-19(14-24)26-20(13-23(27)28)12-18-15-25-22-5-3-2-4-21(18)22/h2-9,15,19-20,25-26H,10-14,24H2,1H3,(H,27,28)/t19?,20-/m1/s1. The minimum atomic E-state index is -0.799. The maximum atomic E-state index is 11.4. The lowest BCUT2D eigenvalue weighted by molar-refractivity contribution is -0.137. The van der Waals surface area contributed by atoms with Crippen LogP contribution in [0.4, 0.5) is 0 Å². The summed E-state index contributed by atoms with van der Waals surface area (Å²) in [6.45, 7) is 2.56. The number of benzene rings is 2. The number of H-pyrrole nitrogens is 1. The van der Waals surface area contributed by atoms with E-state index in [1.165, 1.54) is 11.1 Å². The number of aliphatic carboxylic acids is 1. The number of carbonyl (C=O) groups is 1. The first kappa shape index (κ1) is 20.1. The number of rotatable bonds is 10. The molecule has 3 aromatic rings. The van der Waals surface area contributed by atoms with E-state index >= 15 is 0 Å². The quantitative estimate of drug-likeness (QED) is 0.434. The molecule has 0 aliphatic rings. The number of fused-ring (bicyclic) bond motifs is 1. The van der Waals surface area contributed by atoms with Gasteiger partial charge in [-0.15, -0.1) is 0 Å². The Balaban J connectivity index is 1.66. The summed E-state index contributed by atoms with van der Waals surface area (Å²) in [7, 11) is 0. The fourth-order valence-corrected chi connectivity index (χ4v) is 3.66. The van der Waals surface area contributed by atoms with E-state index in [1.54, 1.807) is 0 Å². The van der Waals surface area contributed by atoms with Crippen molar-refractivity contribution in [3.63, 3.8) is 0 Å². The second-order valence-electron chi connectivity index (χ2n) is 7.48. The Kier molecular flexibility index (Phi) is 6.85. The van der Waals surface area contributed by atoms with Gasteiger partial charge in [0.05, 0.1) is 6.42 Å². The van der Waals surface area contributed by atoms with Gasteiger partial charge in [0.2, 0.25) is 0 Å². The Morgan fingerprint density at radius 3 is 2.61 bits per heavy atom. The van der Waals surface area contributed by atoms with Crippen LogP contribution in [0, 0.1) is 6.92 Å². The van der Waals surface area contributed by atoms with Crippen molar-refractivity contribution in [3.05, 3.63) is 71.4 Å². The SMILES string of the molecule is Cc1ccc(CCC(CN)N[C@@H](CC(=O)O)Cc2c[nH]c3ccccc23)cc1. The normalized spacial score (nSPS) is 13.5. The fourth-order valence-electron chi connectivity index (χ4n) is 3.66. The highest BCUT2D eigenvalue weighted by molar-refractivity contribution is 5.83. The van der Waals surface area contributed by atoms with Gasteiger partial charge in [-0.1, -0.05) is 48.0 Å². The Bertz CT molecular complexity index is 902. The van der Waals surface area contributed by atoms with Crippen LogP contribution in [0.5, 0.6) is 0 Å². The number of nitrogens with one attached hydrogen (secondary N) is 2. The van der Waals surface area contributed by atoms with Crippen molar-refractivity contribution in [2.24, 2.45) is 5.73 Å². The van der Waals surface area contributed by atoms with Gasteiger partial charge in [0.1, 0.15) is 0 Å². The van der Waals surface area contributed by atoms with Gasteiger partial charge >= 0.3 is 5.97 Å². The average molecular weight is 380 g/mol. The lowest BCUT2D eigenvalue weighted by atomic mass is 9.99. The number of aromatic nitrogens is 1. The second kappa shape index (κ2) is 9.53. The Labute approximate surface area is 166 Å². The average Bonchev–Trinajstić information content (AvgIpc) is 3.09. The fraction of sp³-hybridized carbons (Fsp3) is 0.348. The molecule has 0 amide bonds. The maximum Gasteiger partial charge on any atom is 0.304 e. The van der Waals surface area contributed by atoms with Crippen LogP contribution < -0.4 is 11.1 Å². The molecule has 0 radical (unpaired) electrons. The predicted molar refractivity (Wildman–Crippen MR) is 114 cm³/mol. The predicted octanol–water partition coefficient (Wildman–Crippen LogP) is 3.41. The maximum absolute atomic E-state index is 11.4. The largest absolute Gasteiger partial charge is 0.481 e. The number of aromatic amines is 1. The summed E-state index contributed by atoms with van der Waals surface area (Å²) in [5.74, 6) is -0.799. The van der Waals surface area contributed by atoms with Crippen molar-refractivity contribution in [1.29, 1.82) is 0 Å². The van der Waals surface area contributed by atoms with Crippen LogP contribution in [0.25, 0.3) is 10.9 Å². The van der Waals surface area contributed by atoms with Crippen LogP contribution in [0.3, 0.4) is 0 Å². The smallest absolute Gasteiger partial charge is 0.304 e. The molecule has 2 atom stereocenters. The van der Waals surface area contributed by atoms with Gasteiger partial charge in [-0.3, -0.25) is 4.79 Å². The van der Waals surface area contributed by atoms with Crippen molar-refractivity contribution in [1.82, 2.24) is 10.3 Å². The van der Waals surface area contributed by atoms with Crippen molar-refractivity contribution in [2.75, 3.05) is 6.54 Å². The first-order chi connectivity index (χ1) is 13.5. The number of para-hydroxylation sites is 1.